The van der Waals surface area contributed by atoms with Gasteiger partial charge >= 0.3 is 0 Å². The second kappa shape index (κ2) is 29.1. The summed E-state index contributed by atoms with van der Waals surface area (Å²) in [6, 6.07) is 53.3. The first kappa shape index (κ1) is 55.5. The molecule has 7 aromatic rings. The van der Waals surface area contributed by atoms with E-state index < -0.39 is 9.85 Å². The van der Waals surface area contributed by atoms with E-state index in [4.69, 9.17) is 9.47 Å². The van der Waals surface area contributed by atoms with Gasteiger partial charge in [-0.05, 0) is 84.4 Å². The number of nitrogens with zero attached hydrogens (tertiary/aromatic N) is 7. The lowest BCUT2D eigenvalue weighted by Gasteiger charge is -2.22. The molecular weight excluding hydrogens is 931 g/mol. The molecule has 7 aromatic carbocycles. The van der Waals surface area contributed by atoms with Crippen LogP contribution in [0.5, 0.6) is 11.5 Å². The molecule has 0 spiro atoms. The topological polar surface area (TPSA) is 201 Å². The van der Waals surface area contributed by atoms with Gasteiger partial charge in [0.1, 0.15) is 0 Å². The van der Waals surface area contributed by atoms with Gasteiger partial charge in [-0.25, -0.2) is 0 Å². The summed E-state index contributed by atoms with van der Waals surface area (Å²) < 4.78 is 10.6. The zero-order valence-electron chi connectivity index (χ0n) is 41.5. The molecule has 0 amide bonds. The Morgan fingerprint density at radius 2 is 0.658 bits per heavy atom. The van der Waals surface area contributed by atoms with E-state index in [1.54, 1.807) is 62.8 Å². The Bertz CT molecular complexity index is 2800. The van der Waals surface area contributed by atoms with Gasteiger partial charge in [0.2, 0.25) is 0 Å². The predicted octanol–water partition coefficient (Wildman–Crippen LogP) is 11.3. The van der Waals surface area contributed by atoms with Crippen LogP contribution in [0.2, 0.25) is 0 Å². The number of likely N-dealkylation sites (N-methyl/N-ethyl adjacent to an activating group) is 2. The highest BCUT2D eigenvalue weighted by atomic mass is 16.6. The molecule has 7 rings (SSSR count). The van der Waals surface area contributed by atoms with Crippen molar-refractivity contribution < 1.29 is 29.2 Å². The first-order valence-corrected chi connectivity index (χ1v) is 23.5. The van der Waals surface area contributed by atoms with Gasteiger partial charge in [0.05, 0.1) is 33.9 Å². The van der Waals surface area contributed by atoms with Crippen LogP contribution in [0.15, 0.2) is 176 Å². The molecule has 0 fully saturated rings. The summed E-state index contributed by atoms with van der Waals surface area (Å²) in [5, 5.41) is 42.7. The van der Waals surface area contributed by atoms with Crippen molar-refractivity contribution in [2.24, 2.45) is 0 Å². The molecule has 0 unspecified atom stereocenters. The van der Waals surface area contributed by atoms with E-state index in [2.05, 4.69) is 63.2 Å². The van der Waals surface area contributed by atoms with Gasteiger partial charge in [-0.15, -0.1) is 0 Å². The predicted molar refractivity (Wildman–Crippen MR) is 283 cm³/mol. The van der Waals surface area contributed by atoms with Crippen molar-refractivity contribution in [3.63, 3.8) is 0 Å². The molecule has 0 radical (unpaired) electrons. The van der Waals surface area contributed by atoms with Crippen LogP contribution in [0, 0.1) is 40.5 Å². The average molecular weight is 992 g/mol. The third kappa shape index (κ3) is 19.4. The number of nitro groups is 4. The van der Waals surface area contributed by atoms with Crippen LogP contribution >= 0.6 is 0 Å². The van der Waals surface area contributed by atoms with E-state index in [0.717, 1.165) is 92.3 Å². The van der Waals surface area contributed by atoms with Crippen LogP contribution in [0.4, 0.5) is 22.7 Å². The maximum atomic E-state index is 10.8. The molecule has 0 heterocycles. The number of rotatable bonds is 23. The average Bonchev–Trinajstić information content (AvgIpc) is 3.40. The molecule has 17 heteroatoms. The van der Waals surface area contributed by atoms with Crippen molar-refractivity contribution in [1.29, 1.82) is 0 Å². The van der Waals surface area contributed by atoms with E-state index in [0.29, 0.717) is 6.54 Å². The molecule has 0 N–H and O–H groups in total. The maximum absolute atomic E-state index is 10.8. The van der Waals surface area contributed by atoms with Crippen LogP contribution in [-0.2, 0) is 45.4 Å². The summed E-state index contributed by atoms with van der Waals surface area (Å²) in [5.41, 5.74) is 8.34. The molecule has 0 bridgehead atoms. The smallest absolute Gasteiger partial charge is 0.269 e. The normalized spacial score (nSPS) is 10.7. The summed E-state index contributed by atoms with van der Waals surface area (Å²) in [6.45, 7) is 5.62. The molecular formula is C56H61N7O10. The van der Waals surface area contributed by atoms with E-state index in [-0.39, 0.29) is 32.6 Å². The number of non-ortho nitro benzene ring substituents is 4. The molecule has 73 heavy (non-hydrogen) atoms. The SMILES string of the molecule is CN(CCc1ccc([N+](=O)[O-])cc1)Cc1ccc([N+](=O)[O-])cc1.COc1ccc(CCN(C)Cc2ccc([N+](=O)[O-])cc2)cc1OC.O=[N+]([O-])c1ccc(CN(CCc2ccccc2)Cc2ccccc2)cc1. The van der Waals surface area contributed by atoms with Crippen molar-refractivity contribution in [1.82, 2.24) is 14.7 Å². The van der Waals surface area contributed by atoms with Gasteiger partial charge in [-0.2, -0.15) is 0 Å². The molecule has 0 saturated carbocycles. The van der Waals surface area contributed by atoms with Gasteiger partial charge in [-0.3, -0.25) is 45.4 Å². The fraction of sp³-hybridized carbons (Fsp3) is 0.250. The van der Waals surface area contributed by atoms with Crippen LogP contribution < -0.4 is 9.47 Å². The first-order chi connectivity index (χ1) is 35.2. The monoisotopic (exact) mass is 991 g/mol. The zero-order valence-corrected chi connectivity index (χ0v) is 41.5. The van der Waals surface area contributed by atoms with Gasteiger partial charge in [0.25, 0.3) is 22.7 Å². The molecule has 0 atom stereocenters. The summed E-state index contributed by atoms with van der Waals surface area (Å²) >= 11 is 0. The lowest BCUT2D eigenvalue weighted by atomic mass is 10.1. The highest BCUT2D eigenvalue weighted by Gasteiger charge is 2.12. The molecule has 0 aliphatic heterocycles. The number of ether oxygens (including phenoxy) is 2. The van der Waals surface area contributed by atoms with E-state index in [1.165, 1.54) is 53.1 Å². The summed E-state index contributed by atoms with van der Waals surface area (Å²) in [6.07, 6.45) is 2.63. The Balaban J connectivity index is 0.000000204. The minimum absolute atomic E-state index is 0.0854. The Kier molecular flexibility index (Phi) is 22.1. The van der Waals surface area contributed by atoms with E-state index in [9.17, 15) is 40.5 Å². The fourth-order valence-electron chi connectivity index (χ4n) is 7.66. The Morgan fingerprint density at radius 3 is 1.04 bits per heavy atom. The van der Waals surface area contributed by atoms with Crippen molar-refractivity contribution in [3.8, 4) is 11.5 Å². The van der Waals surface area contributed by atoms with Crippen LogP contribution in [0.3, 0.4) is 0 Å². The van der Waals surface area contributed by atoms with Gasteiger partial charge in [0.15, 0.2) is 11.5 Å². The highest BCUT2D eigenvalue weighted by molar-refractivity contribution is 5.43. The number of benzene rings is 7. The van der Waals surface area contributed by atoms with Crippen LogP contribution in [-0.4, -0.2) is 82.3 Å². The standard InChI is InChI=1S/C22H22N2O2.C18H22N2O4.C16H17N3O4/c25-24(26)22-13-11-21(12-14-22)18-23(17-20-9-5-2-6-10-20)16-15-19-7-3-1-4-8-19;1-19(13-15-4-7-16(8-5-15)20(21)22)11-10-14-6-9-17(23-2)18(12-14)24-3;1-17(12-14-4-8-16(9-5-14)19(22)23)11-10-13-2-6-15(7-3-13)18(20)21/h1-14H,15-18H2;4-9,12H,10-11,13H2,1-3H3;2-9H,10-12H2,1H3. The largest absolute Gasteiger partial charge is 0.493 e. The second-order valence-electron chi connectivity index (χ2n) is 17.3. The quantitative estimate of drug-likeness (QED) is 0.0433. The van der Waals surface area contributed by atoms with Gasteiger partial charge in [0, 0.05) is 94.3 Å². The molecule has 17 nitrogen and oxygen atoms in total. The van der Waals surface area contributed by atoms with Crippen molar-refractivity contribution in [2.45, 2.75) is 45.4 Å². The number of methoxy groups -OCH3 is 2. The van der Waals surface area contributed by atoms with Crippen molar-refractivity contribution in [3.05, 3.63) is 255 Å². The third-order valence-electron chi connectivity index (χ3n) is 11.7. The minimum Gasteiger partial charge on any atom is -0.493 e. The van der Waals surface area contributed by atoms with Crippen molar-refractivity contribution in [2.75, 3.05) is 47.9 Å². The fourth-order valence-corrected chi connectivity index (χ4v) is 7.66. The molecule has 0 aliphatic rings. The third-order valence-corrected chi connectivity index (χ3v) is 11.7. The summed E-state index contributed by atoms with van der Waals surface area (Å²) in [4.78, 5) is 47.8. The van der Waals surface area contributed by atoms with Crippen molar-refractivity contribution >= 4 is 22.7 Å². The minimum atomic E-state index is -0.415. The molecule has 0 saturated heterocycles. The number of hydrogen-bond donors (Lipinski definition) is 0. The second-order valence-corrected chi connectivity index (χ2v) is 17.3. The van der Waals surface area contributed by atoms with Crippen LogP contribution in [0.1, 0.15) is 38.9 Å². The number of nitro benzene ring substituents is 4. The highest BCUT2D eigenvalue weighted by Crippen LogP contribution is 2.28. The Morgan fingerprint density at radius 1 is 0.356 bits per heavy atom. The maximum Gasteiger partial charge on any atom is 0.269 e. The summed E-state index contributed by atoms with van der Waals surface area (Å²) in [7, 11) is 7.24. The van der Waals surface area contributed by atoms with E-state index in [1.807, 2.05) is 56.6 Å². The lowest BCUT2D eigenvalue weighted by molar-refractivity contribution is -0.385. The van der Waals surface area contributed by atoms with E-state index >= 15 is 0 Å². The molecule has 0 aliphatic carbocycles. The summed E-state index contributed by atoms with van der Waals surface area (Å²) in [5.74, 6) is 1.45. The number of hydrogen-bond acceptors (Lipinski definition) is 13. The Hall–Kier alpha value is -8.38. The first-order valence-electron chi connectivity index (χ1n) is 23.5. The zero-order chi connectivity index (χ0) is 52.5. The Labute approximate surface area is 425 Å². The van der Waals surface area contributed by atoms with Gasteiger partial charge in [-0.1, -0.05) is 115 Å². The molecule has 0 aromatic heterocycles. The molecule has 380 valence electrons. The van der Waals surface area contributed by atoms with Gasteiger partial charge < -0.3 is 19.3 Å². The van der Waals surface area contributed by atoms with Crippen LogP contribution in [0.25, 0.3) is 0 Å². The lowest BCUT2D eigenvalue weighted by Crippen LogP contribution is -2.25.